The first-order valence-electron chi connectivity index (χ1n) is 3.09. The van der Waals surface area contributed by atoms with Gasteiger partial charge in [0, 0.05) is 6.04 Å². The molecule has 0 heterocycles. The minimum Gasteiger partial charge on any atom is -0.328 e. The third-order valence-electron chi connectivity index (χ3n) is 0.970. The molecule has 5 heteroatoms. The van der Waals surface area contributed by atoms with Crippen LogP contribution in [0.4, 0.5) is 0 Å². The Morgan fingerprint density at radius 2 is 2.20 bits per heavy atom. The highest BCUT2D eigenvalue weighted by Gasteiger charge is 2.08. The third kappa shape index (κ3) is 5.30. The van der Waals surface area contributed by atoms with Gasteiger partial charge in [0.15, 0.2) is 0 Å². The van der Waals surface area contributed by atoms with Crippen molar-refractivity contribution in [1.82, 2.24) is 0 Å². The molecule has 0 amide bonds. The fourth-order valence-electron chi connectivity index (χ4n) is 0.714. The Hall–Kier alpha value is -0.840. The first kappa shape index (κ1) is 9.16. The smallest absolute Gasteiger partial charge is 0.294 e. The average Bonchev–Trinajstić information content (AvgIpc) is 1.58. The fraction of sp³-hybridized carbons (Fsp3) is 1.00. The summed E-state index contributed by atoms with van der Waals surface area (Å²) >= 11 is 0. The van der Waals surface area contributed by atoms with Crippen molar-refractivity contribution in [3.05, 3.63) is 10.1 Å². The van der Waals surface area contributed by atoms with Crippen molar-refractivity contribution in [3.8, 4) is 0 Å². The number of hydrogen-bond acceptors (Lipinski definition) is 4. The van der Waals surface area contributed by atoms with E-state index in [-0.39, 0.29) is 6.04 Å². The van der Waals surface area contributed by atoms with Crippen molar-refractivity contribution in [2.45, 2.75) is 32.4 Å². The molecule has 0 fully saturated rings. The van der Waals surface area contributed by atoms with E-state index in [2.05, 4.69) is 4.84 Å². The molecule has 2 N–H and O–H groups in total. The molecule has 0 aromatic heterocycles. The second-order valence-electron chi connectivity index (χ2n) is 2.35. The van der Waals surface area contributed by atoms with Gasteiger partial charge in [0.2, 0.25) is 0 Å². The van der Waals surface area contributed by atoms with Crippen LogP contribution in [0, 0.1) is 10.1 Å². The lowest BCUT2D eigenvalue weighted by Crippen LogP contribution is -2.24. The molecule has 0 bridgehead atoms. The molecule has 60 valence electrons. The zero-order valence-corrected chi connectivity index (χ0v) is 6.11. The number of nitrogens with two attached hydrogens (primary N) is 1. The van der Waals surface area contributed by atoms with Gasteiger partial charge in [-0.2, -0.15) is 0 Å². The van der Waals surface area contributed by atoms with Gasteiger partial charge in [-0.3, -0.25) is 0 Å². The highest BCUT2D eigenvalue weighted by atomic mass is 17.0. The summed E-state index contributed by atoms with van der Waals surface area (Å²) in [4.78, 5) is 13.9. The maximum atomic E-state index is 9.73. The Kier molecular flexibility index (Phi) is 3.71. The van der Waals surface area contributed by atoms with Crippen LogP contribution in [-0.2, 0) is 4.84 Å². The lowest BCUT2D eigenvalue weighted by Gasteiger charge is -2.10. The molecule has 2 unspecified atom stereocenters. The van der Waals surface area contributed by atoms with Crippen molar-refractivity contribution >= 4 is 0 Å². The number of hydrogen-bond donors (Lipinski definition) is 1. The van der Waals surface area contributed by atoms with E-state index in [1.807, 2.05) is 0 Å². The van der Waals surface area contributed by atoms with Gasteiger partial charge in [0.25, 0.3) is 5.09 Å². The zero-order valence-electron chi connectivity index (χ0n) is 6.11. The summed E-state index contributed by atoms with van der Waals surface area (Å²) in [6.45, 7) is 3.39. The highest BCUT2D eigenvalue weighted by molar-refractivity contribution is 4.57. The molecule has 0 saturated carbocycles. The maximum Gasteiger partial charge on any atom is 0.294 e. The van der Waals surface area contributed by atoms with Gasteiger partial charge in [0.1, 0.15) is 6.10 Å². The lowest BCUT2D eigenvalue weighted by molar-refractivity contribution is -0.767. The SMILES string of the molecule is CC(N)CC(C)O[N+](=O)[O-]. The second kappa shape index (κ2) is 4.05. The number of nitrogens with zero attached hydrogens (tertiary/aromatic N) is 1. The molecule has 5 nitrogen and oxygen atoms in total. The average molecular weight is 148 g/mol. The largest absolute Gasteiger partial charge is 0.328 e. The molecule has 0 aliphatic heterocycles. The Bertz CT molecular complexity index is 115. The van der Waals surface area contributed by atoms with Gasteiger partial charge in [-0.25, -0.2) is 0 Å². The van der Waals surface area contributed by atoms with E-state index in [4.69, 9.17) is 5.73 Å². The molecule has 0 aliphatic carbocycles. The molecular weight excluding hydrogens is 136 g/mol. The van der Waals surface area contributed by atoms with Crippen LogP contribution >= 0.6 is 0 Å². The van der Waals surface area contributed by atoms with Crippen LogP contribution in [0.25, 0.3) is 0 Å². The maximum absolute atomic E-state index is 9.73. The Morgan fingerprint density at radius 3 is 2.50 bits per heavy atom. The Morgan fingerprint density at radius 1 is 1.70 bits per heavy atom. The molecule has 0 radical (unpaired) electrons. The van der Waals surface area contributed by atoms with Gasteiger partial charge in [-0.1, -0.05) is 0 Å². The van der Waals surface area contributed by atoms with Crippen LogP contribution in [-0.4, -0.2) is 17.2 Å². The van der Waals surface area contributed by atoms with E-state index in [9.17, 15) is 10.1 Å². The van der Waals surface area contributed by atoms with Gasteiger partial charge >= 0.3 is 0 Å². The van der Waals surface area contributed by atoms with Crippen LogP contribution in [0.15, 0.2) is 0 Å². The normalized spacial score (nSPS) is 15.9. The standard InChI is InChI=1S/C5H12N2O3/c1-4(6)3-5(2)10-7(8)9/h4-5H,3,6H2,1-2H3. The van der Waals surface area contributed by atoms with E-state index in [1.54, 1.807) is 13.8 Å². The van der Waals surface area contributed by atoms with E-state index < -0.39 is 11.2 Å². The summed E-state index contributed by atoms with van der Waals surface area (Å²) in [6, 6.07) is -0.0602. The molecule has 0 rings (SSSR count). The monoisotopic (exact) mass is 148 g/mol. The zero-order chi connectivity index (χ0) is 8.15. The lowest BCUT2D eigenvalue weighted by atomic mass is 10.2. The first-order chi connectivity index (χ1) is 4.52. The predicted octanol–water partition coefficient (Wildman–Crippen LogP) is 0.321. The molecular formula is C5H12N2O3. The molecule has 0 spiro atoms. The van der Waals surface area contributed by atoms with Crippen molar-refractivity contribution in [2.24, 2.45) is 5.73 Å². The Labute approximate surface area is 59.3 Å². The van der Waals surface area contributed by atoms with Gasteiger partial charge in [0.05, 0.1) is 0 Å². The van der Waals surface area contributed by atoms with Crippen molar-refractivity contribution in [1.29, 1.82) is 0 Å². The van der Waals surface area contributed by atoms with Crippen LogP contribution in [0.2, 0.25) is 0 Å². The summed E-state index contributed by atoms with van der Waals surface area (Å²) in [5, 5.41) is 8.94. The summed E-state index contributed by atoms with van der Waals surface area (Å²) < 4.78 is 0. The van der Waals surface area contributed by atoms with Gasteiger partial charge in [-0.15, -0.1) is 10.1 Å². The van der Waals surface area contributed by atoms with E-state index in [0.717, 1.165) is 0 Å². The number of rotatable bonds is 4. The molecule has 0 aliphatic rings. The van der Waals surface area contributed by atoms with Crippen LogP contribution < -0.4 is 5.73 Å². The van der Waals surface area contributed by atoms with Gasteiger partial charge in [-0.05, 0) is 20.3 Å². The third-order valence-corrected chi connectivity index (χ3v) is 0.970. The fourth-order valence-corrected chi connectivity index (χ4v) is 0.714. The van der Waals surface area contributed by atoms with E-state index in [1.165, 1.54) is 0 Å². The van der Waals surface area contributed by atoms with Crippen molar-refractivity contribution in [2.75, 3.05) is 0 Å². The summed E-state index contributed by atoms with van der Waals surface area (Å²) in [7, 11) is 0. The van der Waals surface area contributed by atoms with Crippen molar-refractivity contribution < 1.29 is 9.92 Å². The topological polar surface area (TPSA) is 78.4 Å². The quantitative estimate of drug-likeness (QED) is 0.460. The summed E-state index contributed by atoms with van der Waals surface area (Å²) in [5.41, 5.74) is 5.37. The molecule has 2 atom stereocenters. The molecule has 10 heavy (non-hydrogen) atoms. The van der Waals surface area contributed by atoms with Crippen molar-refractivity contribution in [3.63, 3.8) is 0 Å². The minimum atomic E-state index is -0.799. The minimum absolute atomic E-state index is 0.0602. The second-order valence-corrected chi connectivity index (χ2v) is 2.35. The first-order valence-corrected chi connectivity index (χ1v) is 3.09. The molecule has 0 aromatic carbocycles. The summed E-state index contributed by atoms with van der Waals surface area (Å²) in [5.74, 6) is 0. The van der Waals surface area contributed by atoms with E-state index >= 15 is 0 Å². The van der Waals surface area contributed by atoms with E-state index in [0.29, 0.717) is 6.42 Å². The molecule has 0 saturated heterocycles. The van der Waals surface area contributed by atoms with Gasteiger partial charge < -0.3 is 10.6 Å². The van der Waals surface area contributed by atoms with Crippen LogP contribution in [0.1, 0.15) is 20.3 Å². The highest BCUT2D eigenvalue weighted by Crippen LogP contribution is 1.99. The predicted molar refractivity (Wildman–Crippen MR) is 35.8 cm³/mol. The Balaban J connectivity index is 3.43. The van der Waals surface area contributed by atoms with Crippen LogP contribution in [0.3, 0.4) is 0 Å². The summed E-state index contributed by atoms with van der Waals surface area (Å²) in [6.07, 6.45) is 0.0936. The van der Waals surface area contributed by atoms with Crippen LogP contribution in [0.5, 0.6) is 0 Å². The molecule has 0 aromatic rings.